The summed E-state index contributed by atoms with van der Waals surface area (Å²) in [4.78, 5) is 0. The Bertz CT molecular complexity index is 816. The lowest BCUT2D eigenvalue weighted by Gasteiger charge is -2.06. The molecule has 0 heteroatoms. The Hall–Kier alpha value is -3.04. The molecule has 0 spiro atoms. The number of rotatable bonds is 3. The highest BCUT2D eigenvalue weighted by Gasteiger charge is 2.02. The third-order valence-electron chi connectivity index (χ3n) is 3.58. The molecule has 0 N–H and O–H groups in total. The SMILES string of the molecule is C#Cc1ccc(-c2ccccc2C=Cc2ccccc2)cc1. The van der Waals surface area contributed by atoms with Gasteiger partial charge in [-0.1, -0.05) is 84.8 Å². The summed E-state index contributed by atoms with van der Waals surface area (Å²) in [5.41, 5.74) is 5.67. The monoisotopic (exact) mass is 280 g/mol. The number of benzene rings is 3. The van der Waals surface area contributed by atoms with Crippen molar-refractivity contribution in [3.8, 4) is 23.5 Å². The fourth-order valence-corrected chi connectivity index (χ4v) is 2.40. The van der Waals surface area contributed by atoms with E-state index < -0.39 is 0 Å². The summed E-state index contributed by atoms with van der Waals surface area (Å²) in [7, 11) is 0. The molecule has 3 aromatic carbocycles. The standard InChI is InChI=1S/C22H16/c1-2-18-12-15-21(16-13-18)22-11-7-6-10-20(22)17-14-19-8-4-3-5-9-19/h1,3-17H. The van der Waals surface area contributed by atoms with Gasteiger partial charge in [-0.3, -0.25) is 0 Å². The molecule has 0 unspecified atom stereocenters. The summed E-state index contributed by atoms with van der Waals surface area (Å²) in [5.74, 6) is 2.65. The summed E-state index contributed by atoms with van der Waals surface area (Å²) < 4.78 is 0. The van der Waals surface area contributed by atoms with E-state index in [2.05, 4.69) is 66.6 Å². The van der Waals surface area contributed by atoms with Crippen molar-refractivity contribution in [3.63, 3.8) is 0 Å². The lowest BCUT2D eigenvalue weighted by atomic mass is 9.98. The topological polar surface area (TPSA) is 0 Å². The van der Waals surface area contributed by atoms with Crippen LogP contribution in [-0.2, 0) is 0 Å². The van der Waals surface area contributed by atoms with Crippen molar-refractivity contribution in [2.45, 2.75) is 0 Å². The van der Waals surface area contributed by atoms with Crippen LogP contribution in [-0.4, -0.2) is 0 Å². The summed E-state index contributed by atoms with van der Waals surface area (Å²) in [6, 6.07) is 26.8. The van der Waals surface area contributed by atoms with Crippen LogP contribution in [0.5, 0.6) is 0 Å². The molecule has 22 heavy (non-hydrogen) atoms. The Morgan fingerprint density at radius 2 is 1.36 bits per heavy atom. The van der Waals surface area contributed by atoms with Crippen LogP contribution in [0.1, 0.15) is 16.7 Å². The molecule has 0 aromatic heterocycles. The van der Waals surface area contributed by atoms with E-state index in [1.807, 2.05) is 30.3 Å². The Balaban J connectivity index is 1.96. The minimum Gasteiger partial charge on any atom is -0.115 e. The van der Waals surface area contributed by atoms with Gasteiger partial charge in [-0.25, -0.2) is 0 Å². The highest BCUT2D eigenvalue weighted by molar-refractivity contribution is 5.81. The third-order valence-corrected chi connectivity index (χ3v) is 3.58. The molecule has 0 saturated heterocycles. The van der Waals surface area contributed by atoms with E-state index in [4.69, 9.17) is 6.42 Å². The quantitative estimate of drug-likeness (QED) is 0.438. The lowest BCUT2D eigenvalue weighted by molar-refractivity contribution is 1.57. The zero-order valence-corrected chi connectivity index (χ0v) is 12.2. The molecule has 0 bridgehead atoms. The van der Waals surface area contributed by atoms with Crippen molar-refractivity contribution in [2.24, 2.45) is 0 Å². The Morgan fingerprint density at radius 3 is 2.09 bits per heavy atom. The van der Waals surface area contributed by atoms with Gasteiger partial charge in [-0.2, -0.15) is 0 Å². The Labute approximate surface area is 131 Å². The molecule has 0 aliphatic carbocycles. The van der Waals surface area contributed by atoms with Crippen LogP contribution in [0, 0.1) is 12.3 Å². The van der Waals surface area contributed by atoms with Crippen LogP contribution in [0.2, 0.25) is 0 Å². The maximum absolute atomic E-state index is 5.42. The highest BCUT2D eigenvalue weighted by Crippen LogP contribution is 2.25. The first kappa shape index (κ1) is 13.9. The molecule has 0 nitrogen and oxygen atoms in total. The van der Waals surface area contributed by atoms with Crippen LogP contribution in [0.3, 0.4) is 0 Å². The number of terminal acetylenes is 1. The van der Waals surface area contributed by atoms with Gasteiger partial charge in [0, 0.05) is 5.56 Å². The molecular formula is C22H16. The normalized spacial score (nSPS) is 10.5. The van der Waals surface area contributed by atoms with Crippen LogP contribution in [0.4, 0.5) is 0 Å². The zero-order valence-electron chi connectivity index (χ0n) is 12.2. The number of hydrogen-bond donors (Lipinski definition) is 0. The van der Waals surface area contributed by atoms with Gasteiger partial charge in [0.15, 0.2) is 0 Å². The van der Waals surface area contributed by atoms with Gasteiger partial charge >= 0.3 is 0 Å². The second kappa shape index (κ2) is 6.61. The van der Waals surface area contributed by atoms with E-state index in [0.29, 0.717) is 0 Å². The van der Waals surface area contributed by atoms with Crippen molar-refractivity contribution in [2.75, 3.05) is 0 Å². The van der Waals surface area contributed by atoms with Crippen LogP contribution >= 0.6 is 0 Å². The van der Waals surface area contributed by atoms with E-state index in [1.165, 1.54) is 22.3 Å². The predicted octanol–water partition coefficient (Wildman–Crippen LogP) is 5.51. The van der Waals surface area contributed by atoms with Crippen LogP contribution in [0.15, 0.2) is 78.9 Å². The van der Waals surface area contributed by atoms with E-state index in [0.717, 1.165) is 5.56 Å². The molecule has 0 saturated carbocycles. The fourth-order valence-electron chi connectivity index (χ4n) is 2.40. The van der Waals surface area contributed by atoms with Gasteiger partial charge in [0.1, 0.15) is 0 Å². The van der Waals surface area contributed by atoms with E-state index in [9.17, 15) is 0 Å². The van der Waals surface area contributed by atoms with Crippen LogP contribution in [0.25, 0.3) is 23.3 Å². The Kier molecular flexibility index (Phi) is 4.18. The molecule has 0 fully saturated rings. The lowest BCUT2D eigenvalue weighted by Crippen LogP contribution is -1.83. The van der Waals surface area contributed by atoms with Gasteiger partial charge in [0.05, 0.1) is 0 Å². The van der Waals surface area contributed by atoms with E-state index >= 15 is 0 Å². The van der Waals surface area contributed by atoms with Crippen molar-refractivity contribution in [3.05, 3.63) is 95.6 Å². The molecule has 0 atom stereocenters. The fraction of sp³-hybridized carbons (Fsp3) is 0. The van der Waals surface area contributed by atoms with E-state index in [1.54, 1.807) is 0 Å². The number of hydrogen-bond acceptors (Lipinski definition) is 0. The van der Waals surface area contributed by atoms with E-state index in [-0.39, 0.29) is 0 Å². The summed E-state index contributed by atoms with van der Waals surface area (Å²) in [5, 5.41) is 0. The molecule has 104 valence electrons. The van der Waals surface area contributed by atoms with Gasteiger partial charge in [-0.05, 0) is 34.4 Å². The van der Waals surface area contributed by atoms with Gasteiger partial charge < -0.3 is 0 Å². The maximum atomic E-state index is 5.42. The largest absolute Gasteiger partial charge is 0.115 e. The first-order valence-electron chi connectivity index (χ1n) is 7.26. The second-order valence-electron chi connectivity index (χ2n) is 5.05. The van der Waals surface area contributed by atoms with Gasteiger partial charge in [0.2, 0.25) is 0 Å². The molecule has 0 heterocycles. The van der Waals surface area contributed by atoms with Crippen LogP contribution < -0.4 is 0 Å². The summed E-state index contributed by atoms with van der Waals surface area (Å²) >= 11 is 0. The van der Waals surface area contributed by atoms with Crippen molar-refractivity contribution >= 4 is 12.2 Å². The predicted molar refractivity (Wildman–Crippen MR) is 95.2 cm³/mol. The highest BCUT2D eigenvalue weighted by atomic mass is 14.1. The average molecular weight is 280 g/mol. The molecule has 0 amide bonds. The summed E-state index contributed by atoms with van der Waals surface area (Å²) in [6.07, 6.45) is 9.71. The van der Waals surface area contributed by atoms with Crippen molar-refractivity contribution < 1.29 is 0 Å². The molecule has 0 aliphatic rings. The van der Waals surface area contributed by atoms with Crippen molar-refractivity contribution in [1.29, 1.82) is 0 Å². The molecule has 0 radical (unpaired) electrons. The van der Waals surface area contributed by atoms with Gasteiger partial charge in [0.25, 0.3) is 0 Å². The molecule has 3 aromatic rings. The maximum Gasteiger partial charge on any atom is 0.0243 e. The molecule has 3 rings (SSSR count). The molecular weight excluding hydrogens is 264 g/mol. The van der Waals surface area contributed by atoms with Gasteiger partial charge in [-0.15, -0.1) is 6.42 Å². The average Bonchev–Trinajstić information content (AvgIpc) is 2.61. The van der Waals surface area contributed by atoms with Crippen molar-refractivity contribution in [1.82, 2.24) is 0 Å². The first-order valence-corrected chi connectivity index (χ1v) is 7.26. The first-order chi connectivity index (χ1) is 10.9. The Morgan fingerprint density at radius 1 is 0.682 bits per heavy atom. The molecule has 0 aliphatic heterocycles. The zero-order chi connectivity index (χ0) is 15.2. The minimum absolute atomic E-state index is 0.904. The minimum atomic E-state index is 0.904. The second-order valence-corrected chi connectivity index (χ2v) is 5.05. The third kappa shape index (κ3) is 3.16. The summed E-state index contributed by atoms with van der Waals surface area (Å²) in [6.45, 7) is 0. The smallest absolute Gasteiger partial charge is 0.0243 e.